The molecule has 0 fully saturated rings. The number of carbonyl (C=O) groups excluding carboxylic acids is 1. The second kappa shape index (κ2) is 4.17. The van der Waals surface area contributed by atoms with Crippen LogP contribution in [0.3, 0.4) is 0 Å². The first-order valence-corrected chi connectivity index (χ1v) is 4.64. The van der Waals surface area contributed by atoms with Crippen LogP contribution in [0.15, 0.2) is 12.1 Å². The minimum Gasteiger partial charge on any atom is -0.465 e. The Kier molecular flexibility index (Phi) is 3.28. The standard InChI is InChI=1S/C11H13F2NO2/c1-11(2,14)6-4-7(10(15)16-3)9(13)8(12)5-6/h4-5H,14H2,1-3H3. The monoisotopic (exact) mass is 229 g/mol. The molecule has 0 aliphatic carbocycles. The van der Waals surface area contributed by atoms with Crippen LogP contribution in [-0.4, -0.2) is 13.1 Å². The molecule has 0 aliphatic rings. The van der Waals surface area contributed by atoms with Gasteiger partial charge in [0.2, 0.25) is 0 Å². The van der Waals surface area contributed by atoms with Crippen LogP contribution in [0.1, 0.15) is 29.8 Å². The fourth-order valence-electron chi connectivity index (χ4n) is 1.22. The zero-order valence-corrected chi connectivity index (χ0v) is 9.30. The molecule has 0 radical (unpaired) electrons. The molecule has 5 heteroatoms. The van der Waals surface area contributed by atoms with Gasteiger partial charge in [0, 0.05) is 5.54 Å². The average molecular weight is 229 g/mol. The molecule has 0 spiro atoms. The predicted octanol–water partition coefficient (Wildman–Crippen LogP) is 1.95. The maximum Gasteiger partial charge on any atom is 0.340 e. The van der Waals surface area contributed by atoms with Crippen molar-refractivity contribution < 1.29 is 18.3 Å². The lowest BCUT2D eigenvalue weighted by atomic mass is 9.93. The number of nitrogens with two attached hydrogens (primary N) is 1. The molecule has 1 rings (SSSR count). The van der Waals surface area contributed by atoms with Crippen molar-refractivity contribution in [3.05, 3.63) is 34.9 Å². The van der Waals surface area contributed by atoms with Crippen molar-refractivity contribution in [2.45, 2.75) is 19.4 Å². The van der Waals surface area contributed by atoms with E-state index in [1.165, 1.54) is 6.07 Å². The van der Waals surface area contributed by atoms with E-state index in [0.717, 1.165) is 13.2 Å². The summed E-state index contributed by atoms with van der Waals surface area (Å²) in [6, 6.07) is 2.17. The number of carbonyl (C=O) groups is 1. The molecular formula is C11H13F2NO2. The van der Waals surface area contributed by atoms with Crippen LogP contribution in [-0.2, 0) is 10.3 Å². The molecular weight excluding hydrogens is 216 g/mol. The van der Waals surface area contributed by atoms with Crippen LogP contribution in [0, 0.1) is 11.6 Å². The molecule has 0 unspecified atom stereocenters. The molecule has 0 bridgehead atoms. The van der Waals surface area contributed by atoms with E-state index < -0.39 is 28.7 Å². The Morgan fingerprint density at radius 1 is 1.38 bits per heavy atom. The van der Waals surface area contributed by atoms with Gasteiger partial charge in [-0.15, -0.1) is 0 Å². The normalized spacial score (nSPS) is 11.4. The van der Waals surface area contributed by atoms with Crippen LogP contribution < -0.4 is 5.73 Å². The van der Waals surface area contributed by atoms with Gasteiger partial charge in [-0.1, -0.05) is 0 Å². The summed E-state index contributed by atoms with van der Waals surface area (Å²) in [6.07, 6.45) is 0. The van der Waals surface area contributed by atoms with Crippen LogP contribution in [0.5, 0.6) is 0 Å². The second-order valence-corrected chi connectivity index (χ2v) is 4.03. The average Bonchev–Trinajstić information content (AvgIpc) is 2.19. The third-order valence-corrected chi connectivity index (χ3v) is 2.18. The Hall–Kier alpha value is -1.49. The molecule has 1 aromatic carbocycles. The molecule has 0 aliphatic heterocycles. The number of ether oxygens (including phenoxy) is 1. The Morgan fingerprint density at radius 2 is 1.94 bits per heavy atom. The first-order valence-electron chi connectivity index (χ1n) is 4.64. The van der Waals surface area contributed by atoms with E-state index in [-0.39, 0.29) is 0 Å². The minimum atomic E-state index is -1.22. The van der Waals surface area contributed by atoms with Gasteiger partial charge in [0.25, 0.3) is 0 Å². The summed E-state index contributed by atoms with van der Waals surface area (Å²) >= 11 is 0. The Balaban J connectivity index is 3.39. The highest BCUT2D eigenvalue weighted by Crippen LogP contribution is 2.23. The molecule has 0 amide bonds. The number of halogens is 2. The lowest BCUT2D eigenvalue weighted by Gasteiger charge is -2.20. The SMILES string of the molecule is COC(=O)c1cc(C(C)(C)N)cc(F)c1F. The van der Waals surface area contributed by atoms with Crippen molar-refractivity contribution in [1.82, 2.24) is 0 Å². The fraction of sp³-hybridized carbons (Fsp3) is 0.364. The Labute approximate surface area is 92.2 Å². The second-order valence-electron chi connectivity index (χ2n) is 4.03. The molecule has 0 saturated heterocycles. The third-order valence-electron chi connectivity index (χ3n) is 2.18. The summed E-state index contributed by atoms with van der Waals surface area (Å²) in [4.78, 5) is 11.2. The maximum absolute atomic E-state index is 13.3. The van der Waals surface area contributed by atoms with Crippen molar-refractivity contribution >= 4 is 5.97 Å². The summed E-state index contributed by atoms with van der Waals surface area (Å²) in [5.41, 5.74) is 4.76. The summed E-state index contributed by atoms with van der Waals surface area (Å²) in [6.45, 7) is 3.25. The highest BCUT2D eigenvalue weighted by atomic mass is 19.2. The third kappa shape index (κ3) is 2.36. The zero-order chi connectivity index (χ0) is 12.5. The number of rotatable bonds is 2. The highest BCUT2D eigenvalue weighted by molar-refractivity contribution is 5.89. The molecule has 3 nitrogen and oxygen atoms in total. The van der Waals surface area contributed by atoms with E-state index in [1.807, 2.05) is 0 Å². The number of hydrogen-bond donors (Lipinski definition) is 1. The van der Waals surface area contributed by atoms with Crippen LogP contribution in [0.4, 0.5) is 8.78 Å². The first kappa shape index (κ1) is 12.6. The largest absolute Gasteiger partial charge is 0.465 e. The molecule has 88 valence electrons. The van der Waals surface area contributed by atoms with Gasteiger partial charge in [-0.2, -0.15) is 0 Å². The summed E-state index contributed by atoms with van der Waals surface area (Å²) in [5, 5.41) is 0. The molecule has 2 N–H and O–H groups in total. The van der Waals surface area contributed by atoms with E-state index in [9.17, 15) is 13.6 Å². The van der Waals surface area contributed by atoms with Crippen LogP contribution >= 0.6 is 0 Å². The van der Waals surface area contributed by atoms with E-state index >= 15 is 0 Å². The van der Waals surface area contributed by atoms with Crippen molar-refractivity contribution in [2.24, 2.45) is 5.73 Å². The Bertz CT molecular complexity index is 425. The molecule has 0 atom stereocenters. The van der Waals surface area contributed by atoms with E-state index in [0.29, 0.717) is 5.56 Å². The van der Waals surface area contributed by atoms with Gasteiger partial charge in [-0.05, 0) is 31.5 Å². The van der Waals surface area contributed by atoms with Gasteiger partial charge in [0.15, 0.2) is 11.6 Å². The smallest absolute Gasteiger partial charge is 0.340 e. The van der Waals surface area contributed by atoms with Crippen molar-refractivity contribution in [3.63, 3.8) is 0 Å². The molecule has 1 aromatic rings. The number of methoxy groups -OCH3 is 1. The Morgan fingerprint density at radius 3 is 2.38 bits per heavy atom. The summed E-state index contributed by atoms with van der Waals surface area (Å²) in [7, 11) is 1.10. The number of esters is 1. The van der Waals surface area contributed by atoms with Crippen LogP contribution in [0.25, 0.3) is 0 Å². The van der Waals surface area contributed by atoms with Gasteiger partial charge in [-0.3, -0.25) is 0 Å². The quantitative estimate of drug-likeness (QED) is 0.788. The zero-order valence-electron chi connectivity index (χ0n) is 9.30. The van der Waals surface area contributed by atoms with Gasteiger partial charge in [0.1, 0.15) is 0 Å². The van der Waals surface area contributed by atoms with Gasteiger partial charge in [0.05, 0.1) is 12.7 Å². The lowest BCUT2D eigenvalue weighted by molar-refractivity contribution is 0.0594. The number of benzene rings is 1. The summed E-state index contributed by atoms with van der Waals surface area (Å²) < 4.78 is 30.9. The van der Waals surface area contributed by atoms with Gasteiger partial charge < -0.3 is 10.5 Å². The van der Waals surface area contributed by atoms with Crippen molar-refractivity contribution in [2.75, 3.05) is 7.11 Å². The minimum absolute atomic E-state index is 0.326. The predicted molar refractivity (Wildman–Crippen MR) is 54.9 cm³/mol. The summed E-state index contributed by atoms with van der Waals surface area (Å²) in [5.74, 6) is -3.27. The fourth-order valence-corrected chi connectivity index (χ4v) is 1.22. The maximum atomic E-state index is 13.3. The van der Waals surface area contributed by atoms with E-state index in [2.05, 4.69) is 4.74 Å². The highest BCUT2D eigenvalue weighted by Gasteiger charge is 2.23. The molecule has 0 saturated carbocycles. The van der Waals surface area contributed by atoms with Gasteiger partial charge in [-0.25, -0.2) is 13.6 Å². The lowest BCUT2D eigenvalue weighted by Crippen LogP contribution is -2.29. The molecule has 0 aromatic heterocycles. The van der Waals surface area contributed by atoms with E-state index in [4.69, 9.17) is 5.73 Å². The molecule has 0 heterocycles. The topological polar surface area (TPSA) is 52.3 Å². The van der Waals surface area contributed by atoms with E-state index in [1.54, 1.807) is 13.8 Å². The van der Waals surface area contributed by atoms with Crippen molar-refractivity contribution in [3.8, 4) is 0 Å². The van der Waals surface area contributed by atoms with Crippen molar-refractivity contribution in [1.29, 1.82) is 0 Å². The number of hydrogen-bond acceptors (Lipinski definition) is 3. The van der Waals surface area contributed by atoms with Gasteiger partial charge >= 0.3 is 5.97 Å². The molecule has 16 heavy (non-hydrogen) atoms. The van der Waals surface area contributed by atoms with Crippen LogP contribution in [0.2, 0.25) is 0 Å². The first-order chi connectivity index (χ1) is 7.27.